The summed E-state index contributed by atoms with van der Waals surface area (Å²) in [6, 6.07) is 0. The van der Waals surface area contributed by atoms with Crippen molar-refractivity contribution in [1.82, 2.24) is 14.9 Å². The molecule has 2 aromatic heterocycles. The molecular weight excluding hydrogens is 376 g/mol. The van der Waals surface area contributed by atoms with Gasteiger partial charge in [0.1, 0.15) is 21.3 Å². The first-order valence-corrected chi connectivity index (χ1v) is 10.8. The number of fused-ring (bicyclic) bond motifs is 1. The van der Waals surface area contributed by atoms with Crippen LogP contribution in [0.25, 0.3) is 10.2 Å². The van der Waals surface area contributed by atoms with Crippen molar-refractivity contribution in [2.24, 2.45) is 5.92 Å². The van der Waals surface area contributed by atoms with E-state index in [0.717, 1.165) is 79.8 Å². The predicted octanol–water partition coefficient (Wildman–Crippen LogP) is 2.64. The summed E-state index contributed by atoms with van der Waals surface area (Å²) in [7, 11) is 1.42. The molecule has 0 spiro atoms. The van der Waals surface area contributed by atoms with Gasteiger partial charge in [-0.1, -0.05) is 0 Å². The third kappa shape index (κ3) is 3.86. The summed E-state index contributed by atoms with van der Waals surface area (Å²) in [6.45, 7) is 10.7. The van der Waals surface area contributed by atoms with Crippen LogP contribution in [0.4, 0.5) is 5.82 Å². The first-order valence-electron chi connectivity index (χ1n) is 9.98. The van der Waals surface area contributed by atoms with Crippen molar-refractivity contribution >= 4 is 33.3 Å². The number of hydrogen-bond acceptors (Lipinski definition) is 8. The minimum Gasteiger partial charge on any atom is -0.465 e. The van der Waals surface area contributed by atoms with Crippen LogP contribution < -0.4 is 4.90 Å². The fraction of sp³-hybridized carbons (Fsp3) is 0.650. The Kier molecular flexibility index (Phi) is 5.80. The van der Waals surface area contributed by atoms with Gasteiger partial charge in [-0.25, -0.2) is 14.8 Å². The average molecular weight is 405 g/mol. The molecule has 2 aromatic rings. The molecule has 0 aliphatic carbocycles. The summed E-state index contributed by atoms with van der Waals surface area (Å²) in [5.74, 6) is 2.04. The number of methoxy groups -OCH3 is 1. The topological polar surface area (TPSA) is 67.8 Å². The lowest BCUT2D eigenvalue weighted by Crippen LogP contribution is -2.44. The summed E-state index contributed by atoms with van der Waals surface area (Å²) in [4.78, 5) is 28.0. The van der Waals surface area contributed by atoms with Crippen molar-refractivity contribution in [3.05, 3.63) is 16.3 Å². The van der Waals surface area contributed by atoms with Crippen LogP contribution in [0.3, 0.4) is 0 Å². The number of carbonyl (C=O) groups is 1. The number of thiophene rings is 1. The molecule has 4 heterocycles. The Hall–Kier alpha value is -1.77. The highest BCUT2D eigenvalue weighted by Crippen LogP contribution is 2.37. The number of nitrogens with zero attached hydrogens (tertiary/aromatic N) is 4. The van der Waals surface area contributed by atoms with E-state index in [4.69, 9.17) is 14.5 Å². The van der Waals surface area contributed by atoms with E-state index in [9.17, 15) is 4.79 Å². The first kappa shape index (κ1) is 19.5. The summed E-state index contributed by atoms with van der Waals surface area (Å²) < 4.78 is 10.4. The van der Waals surface area contributed by atoms with E-state index in [1.807, 2.05) is 13.8 Å². The monoisotopic (exact) mass is 404 g/mol. The van der Waals surface area contributed by atoms with Crippen molar-refractivity contribution in [3.63, 3.8) is 0 Å². The molecule has 4 rings (SSSR count). The number of carbonyl (C=O) groups excluding carboxylic acids is 1. The van der Waals surface area contributed by atoms with Gasteiger partial charge in [0.15, 0.2) is 0 Å². The number of rotatable bonds is 4. The zero-order chi connectivity index (χ0) is 19.7. The number of aromatic nitrogens is 2. The maximum atomic E-state index is 12.2. The Morgan fingerprint density at radius 1 is 1.25 bits per heavy atom. The van der Waals surface area contributed by atoms with Crippen LogP contribution in [0, 0.1) is 19.8 Å². The van der Waals surface area contributed by atoms with E-state index < -0.39 is 0 Å². The largest absolute Gasteiger partial charge is 0.465 e. The minimum absolute atomic E-state index is 0.298. The smallest absolute Gasteiger partial charge is 0.348 e. The molecule has 2 aliphatic heterocycles. The van der Waals surface area contributed by atoms with Gasteiger partial charge in [0.25, 0.3) is 0 Å². The standard InChI is InChI=1S/C20H28N4O3S/c1-13-16-18(21-14(2)22-19(16)28-17(13)20(25)26-3)24-6-4-5-15(12-24)11-23-7-9-27-10-8-23/h15H,4-12H2,1-3H3. The summed E-state index contributed by atoms with van der Waals surface area (Å²) in [6.07, 6.45) is 2.41. The Morgan fingerprint density at radius 2 is 2.04 bits per heavy atom. The third-order valence-electron chi connectivity index (χ3n) is 5.69. The molecule has 0 saturated carbocycles. The van der Waals surface area contributed by atoms with E-state index in [1.54, 1.807) is 0 Å². The Balaban J connectivity index is 1.62. The molecule has 8 heteroatoms. The van der Waals surface area contributed by atoms with Crippen LogP contribution >= 0.6 is 11.3 Å². The number of aryl methyl sites for hydroxylation is 2. The quantitative estimate of drug-likeness (QED) is 0.726. The van der Waals surface area contributed by atoms with Crippen molar-refractivity contribution in [2.45, 2.75) is 26.7 Å². The number of esters is 1. The van der Waals surface area contributed by atoms with E-state index in [1.165, 1.54) is 24.9 Å². The van der Waals surface area contributed by atoms with Gasteiger partial charge in [0.05, 0.1) is 25.7 Å². The van der Waals surface area contributed by atoms with Gasteiger partial charge >= 0.3 is 5.97 Å². The van der Waals surface area contributed by atoms with Gasteiger partial charge in [-0.15, -0.1) is 11.3 Å². The van der Waals surface area contributed by atoms with E-state index in [-0.39, 0.29) is 5.97 Å². The van der Waals surface area contributed by atoms with Crippen molar-refractivity contribution < 1.29 is 14.3 Å². The molecule has 1 unspecified atom stereocenters. The molecule has 1 atom stereocenters. The normalized spacial score (nSPS) is 21.2. The molecule has 0 amide bonds. The molecule has 0 N–H and O–H groups in total. The summed E-state index contributed by atoms with van der Waals surface area (Å²) in [5.41, 5.74) is 0.928. The van der Waals surface area contributed by atoms with Gasteiger partial charge in [0.2, 0.25) is 0 Å². The zero-order valence-corrected chi connectivity index (χ0v) is 17.7. The highest BCUT2D eigenvalue weighted by atomic mass is 32.1. The molecule has 7 nitrogen and oxygen atoms in total. The van der Waals surface area contributed by atoms with Crippen molar-refractivity contribution in [2.75, 3.05) is 57.9 Å². The molecule has 2 saturated heterocycles. The van der Waals surface area contributed by atoms with Crippen LogP contribution in [0.2, 0.25) is 0 Å². The molecule has 2 aliphatic rings. The average Bonchev–Trinajstić information content (AvgIpc) is 3.04. The first-order chi connectivity index (χ1) is 13.6. The van der Waals surface area contributed by atoms with Gasteiger partial charge in [-0.2, -0.15) is 0 Å². The lowest BCUT2D eigenvalue weighted by molar-refractivity contribution is 0.0296. The van der Waals surface area contributed by atoms with Crippen LogP contribution in [0.15, 0.2) is 0 Å². The maximum absolute atomic E-state index is 12.2. The fourth-order valence-electron chi connectivity index (χ4n) is 4.29. The Bertz CT molecular complexity index is 863. The lowest BCUT2D eigenvalue weighted by atomic mass is 9.97. The van der Waals surface area contributed by atoms with Crippen molar-refractivity contribution in [1.29, 1.82) is 0 Å². The molecule has 152 valence electrons. The number of hydrogen-bond donors (Lipinski definition) is 0. The van der Waals surface area contributed by atoms with Gasteiger partial charge in [-0.05, 0) is 38.2 Å². The predicted molar refractivity (Wildman–Crippen MR) is 110 cm³/mol. The molecule has 0 aromatic carbocycles. The number of anilines is 1. The van der Waals surface area contributed by atoms with Crippen LogP contribution in [-0.2, 0) is 9.47 Å². The van der Waals surface area contributed by atoms with Crippen LogP contribution in [0.5, 0.6) is 0 Å². The van der Waals surface area contributed by atoms with E-state index in [2.05, 4.69) is 14.8 Å². The molecular formula is C20H28N4O3S. The highest BCUT2D eigenvalue weighted by Gasteiger charge is 2.28. The highest BCUT2D eigenvalue weighted by molar-refractivity contribution is 7.20. The number of ether oxygens (including phenoxy) is 2. The third-order valence-corrected chi connectivity index (χ3v) is 6.86. The molecule has 0 bridgehead atoms. The van der Waals surface area contributed by atoms with Crippen molar-refractivity contribution in [3.8, 4) is 0 Å². The summed E-state index contributed by atoms with van der Waals surface area (Å²) >= 11 is 1.40. The second-order valence-electron chi connectivity index (χ2n) is 7.69. The van der Waals surface area contributed by atoms with Crippen LogP contribution in [0.1, 0.15) is 33.9 Å². The summed E-state index contributed by atoms with van der Waals surface area (Å²) in [5, 5.41) is 1.00. The molecule has 0 radical (unpaired) electrons. The van der Waals surface area contributed by atoms with E-state index in [0.29, 0.717) is 10.8 Å². The van der Waals surface area contributed by atoms with Gasteiger partial charge < -0.3 is 14.4 Å². The maximum Gasteiger partial charge on any atom is 0.348 e. The zero-order valence-electron chi connectivity index (χ0n) is 16.9. The van der Waals surface area contributed by atoms with Gasteiger partial charge in [0, 0.05) is 32.7 Å². The minimum atomic E-state index is -0.298. The van der Waals surface area contributed by atoms with Crippen LogP contribution in [-0.4, -0.2) is 73.9 Å². The van der Waals surface area contributed by atoms with Gasteiger partial charge in [-0.3, -0.25) is 4.90 Å². The number of piperidine rings is 1. The SMILES string of the molecule is COC(=O)c1sc2nc(C)nc(N3CCCC(CN4CCOCC4)C3)c2c1C. The second-order valence-corrected chi connectivity index (χ2v) is 8.69. The Morgan fingerprint density at radius 3 is 2.79 bits per heavy atom. The number of morpholine rings is 1. The van der Waals surface area contributed by atoms with E-state index >= 15 is 0 Å². The Labute approximate surface area is 169 Å². The fourth-order valence-corrected chi connectivity index (χ4v) is 5.43. The molecule has 2 fully saturated rings. The second kappa shape index (κ2) is 8.31. The lowest BCUT2D eigenvalue weighted by Gasteiger charge is -2.37. The molecule has 28 heavy (non-hydrogen) atoms.